The van der Waals surface area contributed by atoms with E-state index in [4.69, 9.17) is 23.2 Å². The van der Waals surface area contributed by atoms with Gasteiger partial charge >= 0.3 is 0 Å². The summed E-state index contributed by atoms with van der Waals surface area (Å²) in [7, 11) is 0. The molecule has 6 heteroatoms. The number of hydrogen-bond acceptors (Lipinski definition) is 2. The van der Waals surface area contributed by atoms with Gasteiger partial charge in [-0.1, -0.05) is 18.2 Å². The van der Waals surface area contributed by atoms with E-state index in [9.17, 15) is 14.3 Å². The average molecular weight is 306 g/mol. The van der Waals surface area contributed by atoms with E-state index < -0.39 is 21.7 Å². The Bertz CT molecular complexity index is 509. The van der Waals surface area contributed by atoms with Crippen molar-refractivity contribution >= 4 is 29.1 Å². The van der Waals surface area contributed by atoms with Gasteiger partial charge in [0.2, 0.25) is 5.91 Å². The Morgan fingerprint density at radius 3 is 2.63 bits per heavy atom. The molecule has 1 aliphatic carbocycles. The number of nitrogens with one attached hydrogen (secondary N) is 1. The minimum absolute atomic E-state index is 0.0841. The quantitative estimate of drug-likeness (QED) is 0.840. The molecule has 2 atom stereocenters. The summed E-state index contributed by atoms with van der Waals surface area (Å²) in [5.41, 5.74) is -0.697. The van der Waals surface area contributed by atoms with Crippen molar-refractivity contribution in [2.75, 3.05) is 6.54 Å². The van der Waals surface area contributed by atoms with E-state index in [1.54, 1.807) is 13.0 Å². The van der Waals surface area contributed by atoms with Crippen molar-refractivity contribution in [1.29, 1.82) is 0 Å². The summed E-state index contributed by atoms with van der Waals surface area (Å²) in [6, 6.07) is 5.88. The Kier molecular flexibility index (Phi) is 3.78. The molecule has 1 saturated carbocycles. The molecule has 1 aromatic rings. The molecule has 0 aromatic heterocycles. The maximum absolute atomic E-state index is 13.4. The first kappa shape index (κ1) is 14.6. The van der Waals surface area contributed by atoms with Crippen molar-refractivity contribution in [3.63, 3.8) is 0 Å². The highest BCUT2D eigenvalue weighted by atomic mass is 35.5. The summed E-state index contributed by atoms with van der Waals surface area (Å²) in [4.78, 5) is 11.9. The summed E-state index contributed by atoms with van der Waals surface area (Å²) in [6.07, 6.45) is -0.738. The van der Waals surface area contributed by atoms with Crippen molar-refractivity contribution in [3.05, 3.63) is 35.6 Å². The lowest BCUT2D eigenvalue weighted by Crippen LogP contribution is -2.36. The fourth-order valence-corrected chi connectivity index (χ4v) is 2.59. The third-order valence-corrected chi connectivity index (χ3v) is 4.58. The van der Waals surface area contributed by atoms with Gasteiger partial charge in [0.1, 0.15) is 10.2 Å². The van der Waals surface area contributed by atoms with Gasteiger partial charge in [0, 0.05) is 12.1 Å². The predicted molar refractivity (Wildman–Crippen MR) is 71.5 cm³/mol. The van der Waals surface area contributed by atoms with Crippen LogP contribution in [0.1, 0.15) is 25.0 Å². The van der Waals surface area contributed by atoms with Crippen molar-refractivity contribution in [3.8, 4) is 0 Å². The summed E-state index contributed by atoms with van der Waals surface area (Å²) >= 11 is 11.8. The molecule has 2 N–H and O–H groups in total. The topological polar surface area (TPSA) is 49.3 Å². The Morgan fingerprint density at radius 1 is 1.53 bits per heavy atom. The molecule has 2 unspecified atom stereocenters. The molecule has 104 valence electrons. The van der Waals surface area contributed by atoms with E-state index >= 15 is 0 Å². The van der Waals surface area contributed by atoms with Gasteiger partial charge < -0.3 is 10.4 Å². The van der Waals surface area contributed by atoms with E-state index in [0.29, 0.717) is 6.42 Å². The molecule has 0 bridgehead atoms. The van der Waals surface area contributed by atoms with Gasteiger partial charge in [-0.25, -0.2) is 4.39 Å². The Morgan fingerprint density at radius 2 is 2.11 bits per heavy atom. The molecule has 1 amide bonds. The van der Waals surface area contributed by atoms with Crippen LogP contribution in [0.25, 0.3) is 0 Å². The van der Waals surface area contributed by atoms with Crippen LogP contribution in [0, 0.1) is 11.2 Å². The standard InChI is InChI=1S/C13H14Cl2FNO2/c1-12(7-13(12,14)15)11(19)17-6-10(18)8-4-2-3-5-9(8)16/h2-5,10,18H,6-7H2,1H3,(H,17,19). The van der Waals surface area contributed by atoms with Gasteiger partial charge in [-0.05, 0) is 19.4 Å². The minimum atomic E-state index is -1.10. The minimum Gasteiger partial charge on any atom is -0.386 e. The van der Waals surface area contributed by atoms with Crippen molar-refractivity contribution in [1.82, 2.24) is 5.32 Å². The smallest absolute Gasteiger partial charge is 0.229 e. The molecular weight excluding hydrogens is 292 g/mol. The van der Waals surface area contributed by atoms with Gasteiger partial charge in [0.15, 0.2) is 0 Å². The molecule has 1 aromatic carbocycles. The molecule has 0 aliphatic heterocycles. The second-order valence-corrected chi connectivity index (χ2v) is 6.44. The van der Waals surface area contributed by atoms with Crippen LogP contribution in [-0.4, -0.2) is 21.9 Å². The van der Waals surface area contributed by atoms with Crippen LogP contribution in [0.2, 0.25) is 0 Å². The molecule has 3 nitrogen and oxygen atoms in total. The zero-order valence-electron chi connectivity index (χ0n) is 10.3. The Hall–Kier alpha value is -0.840. The molecule has 19 heavy (non-hydrogen) atoms. The van der Waals surface area contributed by atoms with E-state index in [0.717, 1.165) is 0 Å². The molecule has 1 aliphatic rings. The van der Waals surface area contributed by atoms with Gasteiger partial charge in [-0.2, -0.15) is 0 Å². The number of aliphatic hydroxyl groups is 1. The maximum Gasteiger partial charge on any atom is 0.229 e. The number of amides is 1. The zero-order valence-corrected chi connectivity index (χ0v) is 11.8. The molecule has 2 rings (SSSR count). The molecule has 1 fully saturated rings. The number of hydrogen-bond donors (Lipinski definition) is 2. The lowest BCUT2D eigenvalue weighted by Gasteiger charge is -2.16. The van der Waals surface area contributed by atoms with Gasteiger partial charge in [0.05, 0.1) is 11.5 Å². The average Bonchev–Trinajstić information content (AvgIpc) is 2.87. The molecular formula is C13H14Cl2FNO2. The second-order valence-electron chi connectivity index (χ2n) is 4.96. The summed E-state index contributed by atoms with van der Waals surface area (Å²) < 4.78 is 12.4. The van der Waals surface area contributed by atoms with Gasteiger partial charge in [0.25, 0.3) is 0 Å². The largest absolute Gasteiger partial charge is 0.386 e. The number of rotatable bonds is 4. The maximum atomic E-state index is 13.4. The number of aliphatic hydroxyl groups excluding tert-OH is 1. The van der Waals surface area contributed by atoms with E-state index in [1.807, 2.05) is 0 Å². The van der Waals surface area contributed by atoms with Crippen molar-refractivity contribution in [2.45, 2.75) is 23.8 Å². The van der Waals surface area contributed by atoms with E-state index in [-0.39, 0.29) is 18.0 Å². The summed E-state index contributed by atoms with van der Waals surface area (Å²) in [6.45, 7) is 1.57. The monoisotopic (exact) mass is 305 g/mol. The number of carbonyl (C=O) groups excluding carboxylic acids is 1. The first-order valence-electron chi connectivity index (χ1n) is 5.86. The lowest BCUT2D eigenvalue weighted by atomic mass is 10.1. The molecule has 0 saturated heterocycles. The highest BCUT2D eigenvalue weighted by Crippen LogP contribution is 2.63. The van der Waals surface area contributed by atoms with Crippen LogP contribution >= 0.6 is 23.2 Å². The molecule has 0 heterocycles. The van der Waals surface area contributed by atoms with Crippen LogP contribution in [0.15, 0.2) is 24.3 Å². The first-order chi connectivity index (χ1) is 8.78. The van der Waals surface area contributed by atoms with Crippen LogP contribution in [-0.2, 0) is 4.79 Å². The molecule has 0 spiro atoms. The SMILES string of the molecule is CC1(C(=O)NCC(O)c2ccccc2F)CC1(Cl)Cl. The third kappa shape index (κ3) is 2.71. The summed E-state index contributed by atoms with van der Waals surface area (Å²) in [5.74, 6) is -0.848. The van der Waals surface area contributed by atoms with Gasteiger partial charge in [-0.15, -0.1) is 23.2 Å². The number of halogens is 3. The van der Waals surface area contributed by atoms with Crippen LogP contribution in [0.5, 0.6) is 0 Å². The first-order valence-corrected chi connectivity index (χ1v) is 6.62. The predicted octanol–water partition coefficient (Wildman–Crippen LogP) is 2.56. The fraction of sp³-hybridized carbons (Fsp3) is 0.462. The summed E-state index contributed by atoms with van der Waals surface area (Å²) in [5, 5.41) is 12.4. The number of carbonyl (C=O) groups is 1. The van der Waals surface area contributed by atoms with E-state index in [1.165, 1.54) is 18.2 Å². The number of benzene rings is 1. The third-order valence-electron chi connectivity index (χ3n) is 3.48. The lowest BCUT2D eigenvalue weighted by molar-refractivity contribution is -0.126. The van der Waals surface area contributed by atoms with Crippen LogP contribution in [0.4, 0.5) is 4.39 Å². The second kappa shape index (κ2) is 4.93. The molecule has 0 radical (unpaired) electrons. The highest BCUT2D eigenvalue weighted by Gasteiger charge is 2.67. The van der Waals surface area contributed by atoms with Crippen molar-refractivity contribution in [2.24, 2.45) is 5.41 Å². The number of alkyl halides is 2. The van der Waals surface area contributed by atoms with Crippen molar-refractivity contribution < 1.29 is 14.3 Å². The van der Waals surface area contributed by atoms with E-state index in [2.05, 4.69) is 5.32 Å². The zero-order chi connectivity index (χ0) is 14.3. The highest BCUT2D eigenvalue weighted by molar-refractivity contribution is 6.53. The van der Waals surface area contributed by atoms with Crippen LogP contribution < -0.4 is 5.32 Å². The Balaban J connectivity index is 1.93. The van der Waals surface area contributed by atoms with Crippen LogP contribution in [0.3, 0.4) is 0 Å². The van der Waals surface area contributed by atoms with Gasteiger partial charge in [-0.3, -0.25) is 4.79 Å². The normalized spacial score (nSPS) is 25.7. The fourth-order valence-electron chi connectivity index (χ4n) is 1.89. The Labute approximate surface area is 120 Å².